The van der Waals surface area contributed by atoms with Crippen molar-refractivity contribution < 1.29 is 13.2 Å². The van der Waals surface area contributed by atoms with Crippen LogP contribution in [0.5, 0.6) is 0 Å². The van der Waals surface area contributed by atoms with Crippen LogP contribution in [-0.2, 0) is 13.0 Å². The Bertz CT molecular complexity index is 928. The van der Waals surface area contributed by atoms with Crippen LogP contribution in [0.1, 0.15) is 24.5 Å². The molecule has 0 fully saturated rings. The molecule has 1 atom stereocenters. The van der Waals surface area contributed by atoms with E-state index in [1.54, 1.807) is 12.1 Å². The number of fused-ring (bicyclic) bond motifs is 1. The van der Waals surface area contributed by atoms with Gasteiger partial charge in [0.25, 0.3) is 0 Å². The average Bonchev–Trinajstić information content (AvgIpc) is 2.83. The second-order valence-electron chi connectivity index (χ2n) is 5.87. The van der Waals surface area contributed by atoms with Gasteiger partial charge in [-0.2, -0.15) is 4.98 Å². The highest BCUT2D eigenvalue weighted by Gasteiger charge is 2.22. The van der Waals surface area contributed by atoms with E-state index in [0.29, 0.717) is 16.7 Å². The summed E-state index contributed by atoms with van der Waals surface area (Å²) in [4.78, 5) is 4.06. The molecule has 3 rings (SSSR count). The first kappa shape index (κ1) is 19.0. The van der Waals surface area contributed by atoms with Crippen LogP contribution < -0.4 is 5.32 Å². The summed E-state index contributed by atoms with van der Waals surface area (Å²) in [6, 6.07) is 5.90. The fraction of sp³-hybridized carbons (Fsp3) is 0.294. The SMILES string of the molecule is CC(F)CCc1c(F)c2c(NCc3ccc(F)cc3)nc(Cl)nn2c1Br. The lowest BCUT2D eigenvalue weighted by molar-refractivity contribution is 0.340. The zero-order chi connectivity index (χ0) is 18.8. The van der Waals surface area contributed by atoms with Crippen molar-refractivity contribution in [3.63, 3.8) is 0 Å². The molecule has 138 valence electrons. The molecule has 1 N–H and O–H groups in total. The maximum Gasteiger partial charge on any atom is 0.243 e. The average molecular weight is 448 g/mol. The predicted molar refractivity (Wildman–Crippen MR) is 98.3 cm³/mol. The van der Waals surface area contributed by atoms with E-state index in [0.717, 1.165) is 5.56 Å². The highest BCUT2D eigenvalue weighted by molar-refractivity contribution is 9.10. The summed E-state index contributed by atoms with van der Waals surface area (Å²) in [5.41, 5.74) is 1.22. The fourth-order valence-corrected chi connectivity index (χ4v) is 3.36. The Hall–Kier alpha value is -1.80. The number of nitrogens with one attached hydrogen (secondary N) is 1. The highest BCUT2D eigenvalue weighted by atomic mass is 79.9. The molecule has 0 spiro atoms. The fourth-order valence-electron chi connectivity index (χ4n) is 2.57. The third-order valence-electron chi connectivity index (χ3n) is 3.90. The van der Waals surface area contributed by atoms with Crippen LogP contribution in [0.4, 0.5) is 19.0 Å². The Labute approximate surface area is 161 Å². The van der Waals surface area contributed by atoms with Crippen LogP contribution in [0, 0.1) is 11.6 Å². The Morgan fingerprint density at radius 1 is 1.27 bits per heavy atom. The van der Waals surface area contributed by atoms with Crippen molar-refractivity contribution in [3.05, 3.63) is 56.9 Å². The van der Waals surface area contributed by atoms with Gasteiger partial charge in [0.1, 0.15) is 15.9 Å². The third-order valence-corrected chi connectivity index (χ3v) is 4.87. The minimum atomic E-state index is -1.05. The summed E-state index contributed by atoms with van der Waals surface area (Å²) in [7, 11) is 0. The smallest absolute Gasteiger partial charge is 0.243 e. The van der Waals surface area contributed by atoms with Crippen LogP contribution in [0.3, 0.4) is 0 Å². The van der Waals surface area contributed by atoms with Gasteiger partial charge in [-0.1, -0.05) is 12.1 Å². The highest BCUT2D eigenvalue weighted by Crippen LogP contribution is 2.32. The monoisotopic (exact) mass is 446 g/mol. The molecule has 0 radical (unpaired) electrons. The molecule has 0 aliphatic carbocycles. The number of rotatable bonds is 6. The molecule has 2 heterocycles. The molecule has 0 aliphatic rings. The Morgan fingerprint density at radius 2 is 1.96 bits per heavy atom. The number of hydrogen-bond donors (Lipinski definition) is 1. The zero-order valence-corrected chi connectivity index (χ0v) is 16.1. The maximum atomic E-state index is 14.9. The first-order chi connectivity index (χ1) is 12.4. The number of hydrogen-bond acceptors (Lipinski definition) is 3. The summed E-state index contributed by atoms with van der Waals surface area (Å²) in [6.07, 6.45) is -0.649. The summed E-state index contributed by atoms with van der Waals surface area (Å²) in [6.45, 7) is 1.72. The topological polar surface area (TPSA) is 42.2 Å². The molecule has 1 aromatic carbocycles. The molecular formula is C17H15BrClF3N4. The van der Waals surface area contributed by atoms with E-state index in [1.807, 2.05) is 0 Å². The molecule has 0 amide bonds. The number of alkyl halides is 1. The molecule has 1 unspecified atom stereocenters. The van der Waals surface area contributed by atoms with Crippen molar-refractivity contribution in [2.24, 2.45) is 0 Å². The van der Waals surface area contributed by atoms with Gasteiger partial charge in [-0.15, -0.1) is 5.10 Å². The number of anilines is 1. The molecule has 9 heteroatoms. The van der Waals surface area contributed by atoms with Gasteiger partial charge in [-0.05, 0) is 65.0 Å². The van der Waals surface area contributed by atoms with Crippen molar-refractivity contribution in [1.29, 1.82) is 0 Å². The second-order valence-corrected chi connectivity index (χ2v) is 6.96. The van der Waals surface area contributed by atoms with E-state index >= 15 is 0 Å². The number of aromatic nitrogens is 3. The normalized spacial score (nSPS) is 12.5. The Balaban J connectivity index is 1.96. The van der Waals surface area contributed by atoms with Crippen molar-refractivity contribution in [2.45, 2.75) is 32.5 Å². The summed E-state index contributed by atoms with van der Waals surface area (Å²) < 4.78 is 42.8. The van der Waals surface area contributed by atoms with Gasteiger partial charge in [-0.3, -0.25) is 0 Å². The summed E-state index contributed by atoms with van der Waals surface area (Å²) >= 11 is 9.26. The molecular weight excluding hydrogens is 433 g/mol. The van der Waals surface area contributed by atoms with Gasteiger partial charge in [0.15, 0.2) is 11.6 Å². The molecule has 0 saturated carbocycles. The lowest BCUT2D eigenvalue weighted by Gasteiger charge is -2.08. The van der Waals surface area contributed by atoms with Gasteiger partial charge in [0, 0.05) is 12.1 Å². The van der Waals surface area contributed by atoms with Gasteiger partial charge in [0.05, 0.1) is 6.17 Å². The number of benzene rings is 1. The molecule has 26 heavy (non-hydrogen) atoms. The van der Waals surface area contributed by atoms with Crippen LogP contribution >= 0.6 is 27.5 Å². The first-order valence-electron chi connectivity index (χ1n) is 7.91. The molecule has 3 aromatic rings. The molecule has 4 nitrogen and oxygen atoms in total. The van der Waals surface area contributed by atoms with E-state index in [2.05, 4.69) is 31.3 Å². The van der Waals surface area contributed by atoms with Crippen LogP contribution in [0.15, 0.2) is 28.9 Å². The van der Waals surface area contributed by atoms with Gasteiger partial charge in [-0.25, -0.2) is 17.7 Å². The second kappa shape index (κ2) is 7.84. The van der Waals surface area contributed by atoms with Crippen LogP contribution in [0.2, 0.25) is 5.28 Å². The molecule has 0 saturated heterocycles. The standard InChI is InChI=1S/C17H15BrClF3N4/c1-9(20)2-7-12-13(22)14-16(24-17(19)25-26(14)15(12)18)23-8-10-3-5-11(21)6-4-10/h3-6,9H,2,7-8H2,1H3,(H,23,24,25). The Morgan fingerprint density at radius 3 is 2.62 bits per heavy atom. The Kier molecular flexibility index (Phi) is 5.72. The molecule has 0 aliphatic heterocycles. The van der Waals surface area contributed by atoms with Crippen LogP contribution in [-0.4, -0.2) is 20.8 Å². The van der Waals surface area contributed by atoms with E-state index in [9.17, 15) is 13.2 Å². The van der Waals surface area contributed by atoms with Crippen molar-refractivity contribution >= 4 is 38.9 Å². The maximum absolute atomic E-state index is 14.9. The van der Waals surface area contributed by atoms with E-state index in [4.69, 9.17) is 11.6 Å². The lowest BCUT2D eigenvalue weighted by atomic mass is 10.1. The predicted octanol–water partition coefficient (Wildman–Crippen LogP) is 5.33. The third kappa shape index (κ3) is 3.96. The van der Waals surface area contributed by atoms with Gasteiger partial charge in [0.2, 0.25) is 5.28 Å². The van der Waals surface area contributed by atoms with E-state index in [1.165, 1.54) is 23.6 Å². The van der Waals surface area contributed by atoms with Crippen molar-refractivity contribution in [1.82, 2.24) is 14.6 Å². The van der Waals surface area contributed by atoms with E-state index < -0.39 is 12.0 Å². The summed E-state index contributed by atoms with van der Waals surface area (Å²) in [5.74, 6) is -0.669. The largest absolute Gasteiger partial charge is 0.364 e. The van der Waals surface area contributed by atoms with E-state index in [-0.39, 0.29) is 35.3 Å². The first-order valence-corrected chi connectivity index (χ1v) is 9.08. The quantitative estimate of drug-likeness (QED) is 0.556. The van der Waals surface area contributed by atoms with Gasteiger partial charge < -0.3 is 5.32 Å². The van der Waals surface area contributed by atoms with Crippen molar-refractivity contribution in [3.8, 4) is 0 Å². The summed E-state index contributed by atoms with van der Waals surface area (Å²) in [5, 5.41) is 6.94. The van der Waals surface area contributed by atoms with Crippen LogP contribution in [0.25, 0.3) is 5.52 Å². The van der Waals surface area contributed by atoms with Crippen molar-refractivity contribution in [2.75, 3.05) is 5.32 Å². The number of halogens is 5. The molecule has 2 aromatic heterocycles. The van der Waals surface area contributed by atoms with Gasteiger partial charge >= 0.3 is 0 Å². The minimum absolute atomic E-state index is 0.0692. The lowest BCUT2D eigenvalue weighted by Crippen LogP contribution is -2.06. The minimum Gasteiger partial charge on any atom is -0.364 e. The molecule has 0 bridgehead atoms. The zero-order valence-electron chi connectivity index (χ0n) is 13.7. The number of nitrogens with zero attached hydrogens (tertiary/aromatic N) is 3.